The quantitative estimate of drug-likeness (QED) is 0.595. The van der Waals surface area contributed by atoms with Crippen molar-refractivity contribution < 1.29 is 18.0 Å². The third kappa shape index (κ3) is 4.01. The highest BCUT2D eigenvalue weighted by molar-refractivity contribution is 5.95. The summed E-state index contributed by atoms with van der Waals surface area (Å²) in [5, 5.41) is 5.58. The van der Waals surface area contributed by atoms with Crippen LogP contribution in [-0.2, 0) is 12.6 Å². The van der Waals surface area contributed by atoms with Crippen LogP contribution in [0.2, 0.25) is 0 Å². The molecule has 0 fully saturated rings. The van der Waals surface area contributed by atoms with E-state index in [4.69, 9.17) is 0 Å². The summed E-state index contributed by atoms with van der Waals surface area (Å²) in [5.74, 6) is -0.578. The van der Waals surface area contributed by atoms with Crippen molar-refractivity contribution in [3.8, 4) is 11.1 Å². The summed E-state index contributed by atoms with van der Waals surface area (Å²) in [6.07, 6.45) is -1.45. The monoisotopic (exact) mass is 455 g/mol. The van der Waals surface area contributed by atoms with Crippen LogP contribution >= 0.6 is 0 Å². The summed E-state index contributed by atoms with van der Waals surface area (Å²) in [6.45, 7) is 1.71. The van der Waals surface area contributed by atoms with E-state index in [0.717, 1.165) is 41.8 Å². The van der Waals surface area contributed by atoms with Gasteiger partial charge in [-0.1, -0.05) is 18.2 Å². The Morgan fingerprint density at radius 3 is 2.55 bits per heavy atom. The number of carbonyl (C=O) groups is 1. The normalized spacial score (nSPS) is 15.3. The second kappa shape index (κ2) is 8.42. The van der Waals surface area contributed by atoms with Gasteiger partial charge in [0, 0.05) is 37.2 Å². The number of halogens is 3. The van der Waals surface area contributed by atoms with E-state index in [1.54, 1.807) is 6.92 Å². The molecule has 2 N–H and O–H groups in total. The first kappa shape index (κ1) is 22.6. The van der Waals surface area contributed by atoms with Crippen LogP contribution in [0.25, 0.3) is 11.1 Å². The SMILES string of the molecule is CNC(=O)c1cn(C2CCc3cc(NC)ccc32)c(C)c(-c2cccc(C(F)(F)F)c2)c1=O. The lowest BCUT2D eigenvalue weighted by atomic mass is 9.97. The lowest BCUT2D eigenvalue weighted by Crippen LogP contribution is -2.29. The number of alkyl halides is 3. The number of aromatic nitrogens is 1. The largest absolute Gasteiger partial charge is 0.416 e. The molecule has 2 aromatic carbocycles. The Labute approximate surface area is 189 Å². The van der Waals surface area contributed by atoms with Crippen LogP contribution < -0.4 is 16.1 Å². The number of nitrogens with one attached hydrogen (secondary N) is 2. The van der Waals surface area contributed by atoms with Gasteiger partial charge in [-0.2, -0.15) is 13.2 Å². The van der Waals surface area contributed by atoms with Gasteiger partial charge in [-0.3, -0.25) is 9.59 Å². The maximum atomic E-state index is 13.3. The van der Waals surface area contributed by atoms with Crippen LogP contribution in [0, 0.1) is 6.92 Å². The molecule has 0 saturated heterocycles. The van der Waals surface area contributed by atoms with Crippen LogP contribution in [0.15, 0.2) is 53.5 Å². The minimum absolute atomic E-state index is 0.0995. The molecule has 0 radical (unpaired) electrons. The number of anilines is 1. The summed E-state index contributed by atoms with van der Waals surface area (Å²) in [4.78, 5) is 25.8. The van der Waals surface area contributed by atoms with E-state index >= 15 is 0 Å². The van der Waals surface area contributed by atoms with Crippen molar-refractivity contribution in [2.45, 2.75) is 32.0 Å². The molecule has 0 aliphatic heterocycles. The molecule has 172 valence electrons. The van der Waals surface area contributed by atoms with Crippen molar-refractivity contribution in [1.29, 1.82) is 0 Å². The summed E-state index contributed by atoms with van der Waals surface area (Å²) >= 11 is 0. The van der Waals surface area contributed by atoms with Crippen LogP contribution in [-0.4, -0.2) is 24.6 Å². The van der Waals surface area contributed by atoms with Crippen LogP contribution in [0.3, 0.4) is 0 Å². The number of carbonyl (C=O) groups excluding carboxylic acids is 1. The molecule has 1 heterocycles. The maximum absolute atomic E-state index is 13.3. The standard InChI is InChI=1S/C25H24F3N3O2/c1-14-22(16-5-4-6-17(11-16)25(26,27)28)23(32)20(24(33)30-3)13-31(14)21-10-7-15-12-18(29-2)8-9-19(15)21/h4-6,8-9,11-13,21,29H,7,10H2,1-3H3,(H,30,33). The van der Waals surface area contributed by atoms with E-state index in [0.29, 0.717) is 5.69 Å². The zero-order chi connectivity index (χ0) is 23.9. The van der Waals surface area contributed by atoms with Gasteiger partial charge in [0.15, 0.2) is 0 Å². The lowest BCUT2D eigenvalue weighted by molar-refractivity contribution is -0.137. The summed E-state index contributed by atoms with van der Waals surface area (Å²) in [6, 6.07) is 10.6. The average Bonchev–Trinajstić information content (AvgIpc) is 3.21. The van der Waals surface area contributed by atoms with Crippen molar-refractivity contribution in [1.82, 2.24) is 9.88 Å². The minimum Gasteiger partial charge on any atom is -0.388 e. The van der Waals surface area contributed by atoms with Gasteiger partial charge >= 0.3 is 6.18 Å². The predicted molar refractivity (Wildman–Crippen MR) is 122 cm³/mol. The number of hydrogen-bond acceptors (Lipinski definition) is 3. The van der Waals surface area contributed by atoms with Gasteiger partial charge < -0.3 is 15.2 Å². The smallest absolute Gasteiger partial charge is 0.388 e. The Morgan fingerprint density at radius 1 is 1.12 bits per heavy atom. The Hall–Kier alpha value is -3.55. The fourth-order valence-electron chi connectivity index (χ4n) is 4.57. The third-order valence-corrected chi connectivity index (χ3v) is 6.25. The van der Waals surface area contributed by atoms with Gasteiger partial charge in [0.2, 0.25) is 5.43 Å². The molecule has 5 nitrogen and oxygen atoms in total. The van der Waals surface area contributed by atoms with E-state index in [1.165, 1.54) is 25.4 Å². The molecule has 1 aliphatic rings. The van der Waals surface area contributed by atoms with Gasteiger partial charge in [0.25, 0.3) is 5.91 Å². The topological polar surface area (TPSA) is 63.1 Å². The number of amides is 1. The predicted octanol–water partition coefficient (Wildman–Crippen LogP) is 4.78. The summed E-state index contributed by atoms with van der Waals surface area (Å²) in [5.41, 5.74) is 2.43. The molecule has 0 spiro atoms. The molecule has 1 aliphatic carbocycles. The molecule has 1 amide bonds. The Balaban J connectivity index is 1.95. The molecule has 8 heteroatoms. The van der Waals surface area contributed by atoms with Gasteiger partial charge in [0.05, 0.1) is 11.6 Å². The number of pyridine rings is 1. The molecular formula is C25H24F3N3O2. The molecule has 1 unspecified atom stereocenters. The van der Waals surface area contributed by atoms with Crippen LogP contribution in [0.1, 0.15) is 45.2 Å². The van der Waals surface area contributed by atoms with E-state index in [1.807, 2.05) is 23.7 Å². The number of benzene rings is 2. The molecule has 0 saturated carbocycles. The fourth-order valence-corrected chi connectivity index (χ4v) is 4.57. The first-order valence-corrected chi connectivity index (χ1v) is 10.6. The van der Waals surface area contributed by atoms with Crippen molar-refractivity contribution in [2.75, 3.05) is 19.4 Å². The van der Waals surface area contributed by atoms with E-state index in [2.05, 4.69) is 16.7 Å². The number of rotatable bonds is 4. The molecular weight excluding hydrogens is 431 g/mol. The molecule has 1 aromatic heterocycles. The number of nitrogens with zero attached hydrogens (tertiary/aromatic N) is 1. The van der Waals surface area contributed by atoms with E-state index in [-0.39, 0.29) is 22.7 Å². The zero-order valence-corrected chi connectivity index (χ0v) is 18.5. The van der Waals surface area contributed by atoms with E-state index < -0.39 is 23.1 Å². The first-order chi connectivity index (χ1) is 15.7. The Morgan fingerprint density at radius 2 is 1.88 bits per heavy atom. The van der Waals surface area contributed by atoms with Crippen LogP contribution in [0.4, 0.5) is 18.9 Å². The van der Waals surface area contributed by atoms with Crippen molar-refractivity contribution in [2.24, 2.45) is 0 Å². The van der Waals surface area contributed by atoms with E-state index in [9.17, 15) is 22.8 Å². The molecule has 3 aromatic rings. The molecule has 0 bridgehead atoms. The highest BCUT2D eigenvalue weighted by Gasteiger charge is 2.32. The summed E-state index contributed by atoms with van der Waals surface area (Å²) < 4.78 is 41.9. The van der Waals surface area contributed by atoms with Crippen molar-refractivity contribution in [3.63, 3.8) is 0 Å². The van der Waals surface area contributed by atoms with Crippen molar-refractivity contribution in [3.05, 3.63) is 86.8 Å². The number of hydrogen-bond donors (Lipinski definition) is 2. The van der Waals surface area contributed by atoms with Crippen molar-refractivity contribution >= 4 is 11.6 Å². The minimum atomic E-state index is -4.54. The molecule has 4 rings (SSSR count). The summed E-state index contributed by atoms with van der Waals surface area (Å²) in [7, 11) is 3.26. The van der Waals surface area contributed by atoms with Gasteiger partial charge in [-0.15, -0.1) is 0 Å². The van der Waals surface area contributed by atoms with Gasteiger partial charge in [-0.25, -0.2) is 0 Å². The fraction of sp³-hybridized carbons (Fsp3) is 0.280. The number of fused-ring (bicyclic) bond motifs is 1. The average molecular weight is 455 g/mol. The highest BCUT2D eigenvalue weighted by atomic mass is 19.4. The lowest BCUT2D eigenvalue weighted by Gasteiger charge is -2.23. The van der Waals surface area contributed by atoms with Gasteiger partial charge in [-0.05, 0) is 60.7 Å². The second-order valence-electron chi connectivity index (χ2n) is 8.12. The maximum Gasteiger partial charge on any atom is 0.416 e. The third-order valence-electron chi connectivity index (χ3n) is 6.25. The Bertz CT molecular complexity index is 1300. The first-order valence-electron chi connectivity index (χ1n) is 10.6. The zero-order valence-electron chi connectivity index (χ0n) is 18.5. The Kier molecular flexibility index (Phi) is 5.78. The highest BCUT2D eigenvalue weighted by Crippen LogP contribution is 2.38. The van der Waals surface area contributed by atoms with Gasteiger partial charge in [0.1, 0.15) is 5.56 Å². The van der Waals surface area contributed by atoms with Crippen LogP contribution in [0.5, 0.6) is 0 Å². The molecule has 33 heavy (non-hydrogen) atoms. The second-order valence-corrected chi connectivity index (χ2v) is 8.12. The number of aryl methyl sites for hydroxylation is 1. The molecule has 1 atom stereocenters.